The molecule has 1 atom stereocenters. The summed E-state index contributed by atoms with van der Waals surface area (Å²) in [5, 5.41) is 12.2. The van der Waals surface area contributed by atoms with Crippen molar-refractivity contribution in [3.63, 3.8) is 0 Å². The van der Waals surface area contributed by atoms with Crippen LogP contribution in [0, 0.1) is 11.8 Å². The molecule has 1 amide bonds. The molecule has 0 aromatic rings. The van der Waals surface area contributed by atoms with E-state index in [0.29, 0.717) is 25.7 Å². The molecule has 1 saturated carbocycles. The van der Waals surface area contributed by atoms with Gasteiger partial charge in [0.2, 0.25) is 5.76 Å². The van der Waals surface area contributed by atoms with Gasteiger partial charge in [0.1, 0.15) is 19.5 Å². The van der Waals surface area contributed by atoms with Crippen molar-refractivity contribution in [3.8, 4) is 0 Å². The second kappa shape index (κ2) is 7.38. The number of carbonyl (C=O) groups excluding carboxylic acids is 1. The Bertz CT molecular complexity index is 323. The number of rotatable bonds is 6. The van der Waals surface area contributed by atoms with Gasteiger partial charge >= 0.3 is 0 Å². The Morgan fingerprint density at radius 1 is 1.42 bits per heavy atom. The lowest BCUT2D eigenvalue weighted by Gasteiger charge is -2.20. The molecule has 1 aliphatic carbocycles. The van der Waals surface area contributed by atoms with E-state index in [-0.39, 0.29) is 24.2 Å². The van der Waals surface area contributed by atoms with Crippen LogP contribution in [0.3, 0.4) is 0 Å². The molecule has 2 aliphatic rings. The van der Waals surface area contributed by atoms with E-state index in [1.54, 1.807) is 0 Å². The summed E-state index contributed by atoms with van der Waals surface area (Å²) in [6, 6.07) is 0. The van der Waals surface area contributed by atoms with Crippen molar-refractivity contribution >= 4 is 5.91 Å². The van der Waals surface area contributed by atoms with Crippen LogP contribution in [0.1, 0.15) is 32.1 Å². The minimum Gasteiger partial charge on any atom is -0.494 e. The Balaban J connectivity index is 1.72. The van der Waals surface area contributed by atoms with Gasteiger partial charge in [-0.3, -0.25) is 4.79 Å². The number of hydrogen-bond acceptors (Lipinski definition) is 4. The van der Waals surface area contributed by atoms with Crippen molar-refractivity contribution in [2.24, 2.45) is 11.8 Å². The standard InChI is InChI=1S/C14H23NO4/c16-9-12(7-11-3-1-2-4-11)8-15-14(17)13-10-18-5-6-19-13/h10-12,16H,1-9H2,(H,15,17)/t12-/m0/s1. The molecule has 0 radical (unpaired) electrons. The number of aliphatic hydroxyl groups is 1. The van der Waals surface area contributed by atoms with E-state index in [2.05, 4.69) is 5.32 Å². The van der Waals surface area contributed by atoms with Gasteiger partial charge in [-0.05, 0) is 18.3 Å². The Hall–Kier alpha value is -1.23. The normalized spacial score (nSPS) is 21.2. The molecule has 0 saturated heterocycles. The monoisotopic (exact) mass is 269 g/mol. The van der Waals surface area contributed by atoms with Gasteiger partial charge in [-0.1, -0.05) is 25.7 Å². The summed E-state index contributed by atoms with van der Waals surface area (Å²) in [5.41, 5.74) is 0. The number of carbonyl (C=O) groups is 1. The molecule has 1 fully saturated rings. The Morgan fingerprint density at radius 2 is 2.21 bits per heavy atom. The minimum absolute atomic E-state index is 0.118. The zero-order valence-corrected chi connectivity index (χ0v) is 11.3. The first kappa shape index (κ1) is 14.2. The third-order valence-corrected chi connectivity index (χ3v) is 3.82. The summed E-state index contributed by atoms with van der Waals surface area (Å²) in [7, 11) is 0. The zero-order valence-electron chi connectivity index (χ0n) is 11.3. The fourth-order valence-corrected chi connectivity index (χ4v) is 2.75. The third kappa shape index (κ3) is 4.42. The molecule has 2 N–H and O–H groups in total. The van der Waals surface area contributed by atoms with Gasteiger partial charge in [-0.25, -0.2) is 0 Å². The molecule has 5 nitrogen and oxygen atoms in total. The fraction of sp³-hybridized carbons (Fsp3) is 0.786. The van der Waals surface area contributed by atoms with Gasteiger partial charge in [-0.2, -0.15) is 0 Å². The van der Waals surface area contributed by atoms with Crippen LogP contribution in [-0.4, -0.2) is 37.4 Å². The van der Waals surface area contributed by atoms with Crippen LogP contribution in [0.25, 0.3) is 0 Å². The average Bonchev–Trinajstić information content (AvgIpc) is 2.97. The highest BCUT2D eigenvalue weighted by molar-refractivity contribution is 5.91. The Labute approximate surface area is 114 Å². The van der Waals surface area contributed by atoms with Gasteiger partial charge in [-0.15, -0.1) is 0 Å². The van der Waals surface area contributed by atoms with Crippen LogP contribution in [0.4, 0.5) is 0 Å². The van der Waals surface area contributed by atoms with Crippen LogP contribution in [0.5, 0.6) is 0 Å². The SMILES string of the molecule is O=C(NC[C@@H](CO)CC1CCCC1)C1=COCCO1. The molecule has 0 aromatic carbocycles. The molecule has 108 valence electrons. The molecule has 0 unspecified atom stereocenters. The average molecular weight is 269 g/mol. The predicted molar refractivity (Wildman–Crippen MR) is 70.1 cm³/mol. The lowest BCUT2D eigenvalue weighted by Crippen LogP contribution is -2.34. The molecule has 1 aliphatic heterocycles. The third-order valence-electron chi connectivity index (χ3n) is 3.82. The van der Waals surface area contributed by atoms with Crippen molar-refractivity contribution in [1.82, 2.24) is 5.32 Å². The zero-order chi connectivity index (χ0) is 13.5. The van der Waals surface area contributed by atoms with Crippen LogP contribution in [0.2, 0.25) is 0 Å². The van der Waals surface area contributed by atoms with Crippen LogP contribution in [0.15, 0.2) is 12.0 Å². The maximum absolute atomic E-state index is 11.8. The van der Waals surface area contributed by atoms with Gasteiger partial charge < -0.3 is 19.9 Å². The van der Waals surface area contributed by atoms with E-state index in [0.717, 1.165) is 6.42 Å². The number of aliphatic hydroxyl groups excluding tert-OH is 1. The lowest BCUT2D eigenvalue weighted by molar-refractivity contribution is -0.122. The molecular formula is C14H23NO4. The number of nitrogens with one attached hydrogen (secondary N) is 1. The van der Waals surface area contributed by atoms with E-state index < -0.39 is 0 Å². The summed E-state index contributed by atoms with van der Waals surface area (Å²) >= 11 is 0. The molecular weight excluding hydrogens is 246 g/mol. The summed E-state index contributed by atoms with van der Waals surface area (Å²) < 4.78 is 10.2. The fourth-order valence-electron chi connectivity index (χ4n) is 2.75. The predicted octanol–water partition coefficient (Wildman–Crippen LogP) is 1.18. The van der Waals surface area contributed by atoms with Crippen molar-refractivity contribution in [2.45, 2.75) is 32.1 Å². The van der Waals surface area contributed by atoms with E-state index in [1.807, 2.05) is 0 Å². The highest BCUT2D eigenvalue weighted by atomic mass is 16.6. The molecule has 0 spiro atoms. The van der Waals surface area contributed by atoms with Gasteiger partial charge in [0, 0.05) is 13.2 Å². The Kier molecular flexibility index (Phi) is 5.51. The molecule has 5 heteroatoms. The van der Waals surface area contributed by atoms with Crippen LogP contribution in [-0.2, 0) is 14.3 Å². The van der Waals surface area contributed by atoms with E-state index >= 15 is 0 Å². The first-order valence-corrected chi connectivity index (χ1v) is 7.13. The molecule has 2 rings (SSSR count). The number of ether oxygens (including phenoxy) is 2. The van der Waals surface area contributed by atoms with E-state index in [1.165, 1.54) is 31.9 Å². The van der Waals surface area contributed by atoms with E-state index in [4.69, 9.17) is 9.47 Å². The molecule has 0 bridgehead atoms. The quantitative estimate of drug-likeness (QED) is 0.760. The maximum atomic E-state index is 11.8. The molecule has 1 heterocycles. The molecule has 19 heavy (non-hydrogen) atoms. The largest absolute Gasteiger partial charge is 0.494 e. The number of amides is 1. The van der Waals surface area contributed by atoms with Gasteiger partial charge in [0.15, 0.2) is 0 Å². The molecule has 0 aromatic heterocycles. The van der Waals surface area contributed by atoms with Gasteiger partial charge in [0.25, 0.3) is 5.91 Å². The second-order valence-corrected chi connectivity index (χ2v) is 5.35. The van der Waals surface area contributed by atoms with Crippen molar-refractivity contribution < 1.29 is 19.4 Å². The van der Waals surface area contributed by atoms with Crippen LogP contribution < -0.4 is 5.32 Å². The first-order valence-electron chi connectivity index (χ1n) is 7.13. The van der Waals surface area contributed by atoms with Crippen LogP contribution >= 0.6 is 0 Å². The highest BCUT2D eigenvalue weighted by Crippen LogP contribution is 2.30. The van der Waals surface area contributed by atoms with Crippen molar-refractivity contribution in [2.75, 3.05) is 26.4 Å². The summed E-state index contributed by atoms with van der Waals surface area (Å²) in [4.78, 5) is 11.8. The summed E-state index contributed by atoms with van der Waals surface area (Å²) in [6.45, 7) is 1.50. The van der Waals surface area contributed by atoms with Crippen molar-refractivity contribution in [1.29, 1.82) is 0 Å². The van der Waals surface area contributed by atoms with Crippen molar-refractivity contribution in [3.05, 3.63) is 12.0 Å². The highest BCUT2D eigenvalue weighted by Gasteiger charge is 2.21. The number of hydrogen-bond donors (Lipinski definition) is 2. The topological polar surface area (TPSA) is 67.8 Å². The summed E-state index contributed by atoms with van der Waals surface area (Å²) in [5.74, 6) is 0.813. The second-order valence-electron chi connectivity index (χ2n) is 5.35. The summed E-state index contributed by atoms with van der Waals surface area (Å²) in [6.07, 6.45) is 7.45. The first-order chi connectivity index (χ1) is 9.29. The smallest absolute Gasteiger partial charge is 0.289 e. The minimum atomic E-state index is -0.260. The Morgan fingerprint density at radius 3 is 2.84 bits per heavy atom. The van der Waals surface area contributed by atoms with E-state index in [9.17, 15) is 9.90 Å². The maximum Gasteiger partial charge on any atom is 0.289 e. The lowest BCUT2D eigenvalue weighted by atomic mass is 9.94. The van der Waals surface area contributed by atoms with Gasteiger partial charge in [0.05, 0.1) is 0 Å².